The molecule has 2 rings (SSSR count). The fourth-order valence-corrected chi connectivity index (χ4v) is 2.46. The summed E-state index contributed by atoms with van der Waals surface area (Å²) < 4.78 is 10.2. The predicted molar refractivity (Wildman–Crippen MR) is 74.8 cm³/mol. The second kappa shape index (κ2) is 5.84. The van der Waals surface area contributed by atoms with Gasteiger partial charge in [0.05, 0.1) is 19.9 Å². The van der Waals surface area contributed by atoms with Crippen molar-refractivity contribution < 1.29 is 14.3 Å². The van der Waals surface area contributed by atoms with Crippen LogP contribution in [0.1, 0.15) is 22.2 Å². The average Bonchev–Trinajstić information content (AvgIpc) is 2.89. The normalized spacial score (nSPS) is 10.3. The van der Waals surface area contributed by atoms with E-state index < -0.39 is 0 Å². The largest absolute Gasteiger partial charge is 0.496 e. The summed E-state index contributed by atoms with van der Waals surface area (Å²) >= 11 is 1.32. The lowest BCUT2D eigenvalue weighted by Gasteiger charge is -2.05. The number of aromatic nitrogens is 1. The Bertz CT molecular complexity index is 592. The van der Waals surface area contributed by atoms with Crippen LogP contribution in [0, 0.1) is 6.92 Å². The van der Waals surface area contributed by atoms with Crippen LogP contribution >= 0.6 is 11.3 Å². The number of ether oxygens (including phenoxy) is 2. The highest BCUT2D eigenvalue weighted by Gasteiger charge is 2.13. The number of hydrogen-bond acceptors (Lipinski definition) is 5. The minimum atomic E-state index is -0.328. The van der Waals surface area contributed by atoms with Gasteiger partial charge in [0, 0.05) is 5.56 Å². The van der Waals surface area contributed by atoms with Gasteiger partial charge in [-0.15, -0.1) is 11.3 Å². The zero-order chi connectivity index (χ0) is 13.8. The highest BCUT2D eigenvalue weighted by molar-refractivity contribution is 7.16. The Kier molecular flexibility index (Phi) is 4.16. The molecular formula is C14H15NO3S. The van der Waals surface area contributed by atoms with E-state index in [4.69, 9.17) is 9.47 Å². The molecule has 0 fully saturated rings. The van der Waals surface area contributed by atoms with Crippen LogP contribution in [0.3, 0.4) is 0 Å². The molecule has 100 valence electrons. The molecule has 0 saturated heterocycles. The van der Waals surface area contributed by atoms with E-state index in [2.05, 4.69) is 4.98 Å². The van der Waals surface area contributed by atoms with E-state index in [-0.39, 0.29) is 5.97 Å². The lowest BCUT2D eigenvalue weighted by molar-refractivity contribution is 0.0532. The first-order chi connectivity index (χ1) is 9.15. The summed E-state index contributed by atoms with van der Waals surface area (Å²) in [4.78, 5) is 16.4. The molecule has 0 aliphatic rings. The first kappa shape index (κ1) is 13.5. The zero-order valence-corrected chi connectivity index (χ0v) is 11.9. The molecule has 0 spiro atoms. The summed E-state index contributed by atoms with van der Waals surface area (Å²) in [7, 11) is 1.64. The molecule has 1 aromatic carbocycles. The van der Waals surface area contributed by atoms with Crippen molar-refractivity contribution in [2.45, 2.75) is 13.8 Å². The number of aryl methyl sites for hydroxylation is 1. The van der Waals surface area contributed by atoms with Crippen LogP contribution in [-0.2, 0) is 4.74 Å². The minimum absolute atomic E-state index is 0.328. The molecule has 1 heterocycles. The van der Waals surface area contributed by atoms with Crippen LogP contribution in [0.25, 0.3) is 10.6 Å². The average molecular weight is 277 g/mol. The molecule has 0 atom stereocenters. The highest BCUT2D eigenvalue weighted by atomic mass is 32.1. The number of carbonyl (C=O) groups is 1. The lowest BCUT2D eigenvalue weighted by atomic mass is 10.1. The van der Waals surface area contributed by atoms with Crippen molar-refractivity contribution >= 4 is 17.3 Å². The monoisotopic (exact) mass is 277 g/mol. The van der Waals surface area contributed by atoms with E-state index in [0.29, 0.717) is 11.5 Å². The summed E-state index contributed by atoms with van der Waals surface area (Å²) in [5.74, 6) is 0.482. The molecule has 0 aliphatic heterocycles. The van der Waals surface area contributed by atoms with Gasteiger partial charge in [0.1, 0.15) is 15.6 Å². The van der Waals surface area contributed by atoms with Gasteiger partial charge in [-0.3, -0.25) is 0 Å². The van der Waals surface area contributed by atoms with Gasteiger partial charge in [0.25, 0.3) is 0 Å². The van der Waals surface area contributed by atoms with E-state index in [1.807, 2.05) is 25.1 Å². The van der Waals surface area contributed by atoms with Gasteiger partial charge >= 0.3 is 5.97 Å². The number of nitrogens with zero attached hydrogens (tertiary/aromatic N) is 1. The number of methoxy groups -OCH3 is 1. The molecule has 0 amide bonds. The number of benzene rings is 1. The summed E-state index contributed by atoms with van der Waals surface area (Å²) in [6.45, 7) is 4.13. The van der Waals surface area contributed by atoms with Gasteiger partial charge in [0.2, 0.25) is 0 Å². The minimum Gasteiger partial charge on any atom is -0.496 e. The Hall–Kier alpha value is -1.88. The molecule has 0 N–H and O–H groups in total. The van der Waals surface area contributed by atoms with Crippen LogP contribution in [0.15, 0.2) is 24.4 Å². The van der Waals surface area contributed by atoms with Crippen LogP contribution in [0.2, 0.25) is 0 Å². The van der Waals surface area contributed by atoms with Crippen molar-refractivity contribution in [3.63, 3.8) is 0 Å². The first-order valence-electron chi connectivity index (χ1n) is 5.93. The molecule has 2 aromatic rings. The molecule has 19 heavy (non-hydrogen) atoms. The molecule has 5 heteroatoms. The van der Waals surface area contributed by atoms with E-state index >= 15 is 0 Å². The molecule has 0 bridgehead atoms. The molecule has 0 unspecified atom stereocenters. The lowest BCUT2D eigenvalue weighted by Crippen LogP contribution is -2.01. The van der Waals surface area contributed by atoms with Gasteiger partial charge in [0.15, 0.2) is 0 Å². The second-order valence-electron chi connectivity index (χ2n) is 3.93. The third-order valence-electron chi connectivity index (χ3n) is 2.64. The van der Waals surface area contributed by atoms with Gasteiger partial charge < -0.3 is 9.47 Å². The maximum absolute atomic E-state index is 11.6. The van der Waals surface area contributed by atoms with Crippen molar-refractivity contribution in [2.75, 3.05) is 13.7 Å². The third-order valence-corrected chi connectivity index (χ3v) is 3.66. The first-order valence-corrected chi connectivity index (χ1v) is 6.75. The number of thiazole rings is 1. The predicted octanol–water partition coefficient (Wildman–Crippen LogP) is 3.30. The maximum Gasteiger partial charge on any atom is 0.349 e. The summed E-state index contributed by atoms with van der Waals surface area (Å²) in [6.07, 6.45) is 1.55. The fourth-order valence-electron chi connectivity index (χ4n) is 1.66. The highest BCUT2D eigenvalue weighted by Crippen LogP contribution is 2.30. The van der Waals surface area contributed by atoms with Crippen LogP contribution in [-0.4, -0.2) is 24.7 Å². The van der Waals surface area contributed by atoms with Gasteiger partial charge in [-0.2, -0.15) is 0 Å². The third kappa shape index (κ3) is 2.93. The number of hydrogen-bond donors (Lipinski definition) is 0. The SMILES string of the molecule is CCOC(=O)c1cnc(-c2ccc(C)c(OC)c2)s1. The maximum atomic E-state index is 11.6. The van der Waals surface area contributed by atoms with E-state index in [1.54, 1.807) is 20.2 Å². The van der Waals surface area contributed by atoms with Crippen LogP contribution in [0.5, 0.6) is 5.75 Å². The summed E-state index contributed by atoms with van der Waals surface area (Å²) in [5, 5.41) is 0.779. The number of carbonyl (C=O) groups excluding carboxylic acids is 1. The molecule has 4 nitrogen and oxygen atoms in total. The van der Waals surface area contributed by atoms with Crippen molar-refractivity contribution in [3.8, 4) is 16.3 Å². The Morgan fingerprint density at radius 2 is 2.21 bits per heavy atom. The van der Waals surface area contributed by atoms with Crippen molar-refractivity contribution in [1.29, 1.82) is 0 Å². The molecule has 0 saturated carbocycles. The van der Waals surface area contributed by atoms with Gasteiger partial charge in [-0.05, 0) is 25.5 Å². The van der Waals surface area contributed by atoms with Crippen LogP contribution in [0.4, 0.5) is 0 Å². The second-order valence-corrected chi connectivity index (χ2v) is 4.97. The van der Waals surface area contributed by atoms with E-state index in [9.17, 15) is 4.79 Å². The number of rotatable bonds is 4. The van der Waals surface area contributed by atoms with E-state index in [0.717, 1.165) is 21.9 Å². The van der Waals surface area contributed by atoms with Crippen LogP contribution < -0.4 is 4.74 Å². The van der Waals surface area contributed by atoms with E-state index in [1.165, 1.54) is 11.3 Å². The molecule has 1 aromatic heterocycles. The smallest absolute Gasteiger partial charge is 0.349 e. The van der Waals surface area contributed by atoms with Gasteiger partial charge in [-0.1, -0.05) is 12.1 Å². The Balaban J connectivity index is 2.30. The zero-order valence-electron chi connectivity index (χ0n) is 11.1. The Morgan fingerprint density at radius 3 is 2.89 bits per heavy atom. The molecule has 0 aliphatic carbocycles. The molecular weight excluding hydrogens is 262 g/mol. The topological polar surface area (TPSA) is 48.4 Å². The quantitative estimate of drug-likeness (QED) is 0.804. The fraction of sp³-hybridized carbons (Fsp3) is 0.286. The summed E-state index contributed by atoms with van der Waals surface area (Å²) in [5.41, 5.74) is 2.00. The molecule has 0 radical (unpaired) electrons. The summed E-state index contributed by atoms with van der Waals surface area (Å²) in [6, 6.07) is 5.86. The Morgan fingerprint density at radius 1 is 1.42 bits per heavy atom. The van der Waals surface area contributed by atoms with Crippen molar-refractivity contribution in [3.05, 3.63) is 34.8 Å². The Labute approximate surface area is 116 Å². The number of esters is 1. The standard InChI is InChI=1S/C14H15NO3S/c1-4-18-14(16)12-8-15-13(19-12)10-6-5-9(2)11(7-10)17-3/h5-8H,4H2,1-3H3. The van der Waals surface area contributed by atoms with Crippen molar-refractivity contribution in [2.24, 2.45) is 0 Å². The van der Waals surface area contributed by atoms with Gasteiger partial charge in [-0.25, -0.2) is 9.78 Å². The van der Waals surface area contributed by atoms with Crippen molar-refractivity contribution in [1.82, 2.24) is 4.98 Å².